The summed E-state index contributed by atoms with van der Waals surface area (Å²) in [6.07, 6.45) is 43.8. The Labute approximate surface area is 331 Å². The smallest absolute Gasteiger partial charge is 0.457 e. The SMILES string of the molecule is CCCCC/C=C\C/C=C\C/C=C\CCCCCCCCCOCC(COP(=O)(O)OCC(O)CO)OC(=O)CCCCCCCCCCCCCCC. The second-order valence-corrected chi connectivity index (χ2v) is 16.2. The molecule has 0 aliphatic carbocycles. The summed E-state index contributed by atoms with van der Waals surface area (Å²) < 4.78 is 33.4. The molecule has 0 spiro atoms. The van der Waals surface area contributed by atoms with Crippen LogP contribution in [0.25, 0.3) is 0 Å². The van der Waals surface area contributed by atoms with E-state index in [1.54, 1.807) is 0 Å². The van der Waals surface area contributed by atoms with Crippen LogP contribution in [0.2, 0.25) is 0 Å². The highest BCUT2D eigenvalue weighted by atomic mass is 31.2. The Morgan fingerprint density at radius 3 is 1.54 bits per heavy atom. The Morgan fingerprint density at radius 1 is 0.574 bits per heavy atom. The highest BCUT2D eigenvalue weighted by molar-refractivity contribution is 7.47. The maximum atomic E-state index is 12.6. The minimum absolute atomic E-state index is 0.0447. The number of aliphatic hydroxyl groups excluding tert-OH is 2. The van der Waals surface area contributed by atoms with E-state index in [1.165, 1.54) is 116 Å². The number of phosphoric ester groups is 1. The number of ether oxygens (including phenoxy) is 2. The Kier molecular flexibility index (Phi) is 40.3. The molecule has 0 saturated carbocycles. The summed E-state index contributed by atoms with van der Waals surface area (Å²) in [6.45, 7) is 3.48. The van der Waals surface area contributed by atoms with Crippen molar-refractivity contribution in [1.29, 1.82) is 0 Å². The van der Waals surface area contributed by atoms with Gasteiger partial charge in [-0.15, -0.1) is 0 Å². The van der Waals surface area contributed by atoms with E-state index in [4.69, 9.17) is 23.6 Å². The number of aliphatic hydroxyl groups is 2. The first-order valence-corrected chi connectivity index (χ1v) is 23.5. The summed E-state index contributed by atoms with van der Waals surface area (Å²) in [6, 6.07) is 0. The van der Waals surface area contributed by atoms with E-state index in [2.05, 4.69) is 50.3 Å². The summed E-state index contributed by atoms with van der Waals surface area (Å²) in [5, 5.41) is 18.3. The van der Waals surface area contributed by atoms with Crippen molar-refractivity contribution in [2.75, 3.05) is 33.0 Å². The molecule has 0 aromatic rings. The summed E-state index contributed by atoms with van der Waals surface area (Å²) in [5.74, 6) is -0.386. The van der Waals surface area contributed by atoms with Crippen LogP contribution in [0, 0.1) is 0 Å². The minimum Gasteiger partial charge on any atom is -0.457 e. The third-order valence-electron chi connectivity index (χ3n) is 9.33. The van der Waals surface area contributed by atoms with Gasteiger partial charge < -0.3 is 24.6 Å². The summed E-state index contributed by atoms with van der Waals surface area (Å²) in [7, 11) is -4.52. The molecule has 0 aromatic heterocycles. The summed E-state index contributed by atoms with van der Waals surface area (Å²) in [5.41, 5.74) is 0. The van der Waals surface area contributed by atoms with E-state index in [0.29, 0.717) is 6.61 Å². The van der Waals surface area contributed by atoms with Crippen molar-refractivity contribution < 1.29 is 43.0 Å². The van der Waals surface area contributed by atoms with E-state index in [0.717, 1.165) is 57.8 Å². The average molecular weight is 787 g/mol. The van der Waals surface area contributed by atoms with Crippen molar-refractivity contribution in [3.05, 3.63) is 36.5 Å². The zero-order valence-electron chi connectivity index (χ0n) is 34.7. The van der Waals surface area contributed by atoms with Gasteiger partial charge in [-0.2, -0.15) is 0 Å². The van der Waals surface area contributed by atoms with Crippen LogP contribution in [0.3, 0.4) is 0 Å². The predicted molar refractivity (Wildman–Crippen MR) is 224 cm³/mol. The second-order valence-electron chi connectivity index (χ2n) is 14.7. The van der Waals surface area contributed by atoms with Crippen molar-refractivity contribution in [2.45, 2.75) is 206 Å². The van der Waals surface area contributed by atoms with Crippen molar-refractivity contribution in [3.63, 3.8) is 0 Å². The van der Waals surface area contributed by atoms with Gasteiger partial charge in [0.1, 0.15) is 12.2 Å². The fourth-order valence-electron chi connectivity index (χ4n) is 5.95. The fraction of sp³-hybridized carbons (Fsp3) is 0.841. The molecule has 0 aliphatic rings. The van der Waals surface area contributed by atoms with Gasteiger partial charge in [-0.25, -0.2) is 4.57 Å². The predicted octanol–water partition coefficient (Wildman–Crippen LogP) is 12.0. The summed E-state index contributed by atoms with van der Waals surface area (Å²) in [4.78, 5) is 22.6. The quantitative estimate of drug-likeness (QED) is 0.0239. The molecule has 54 heavy (non-hydrogen) atoms. The highest BCUT2D eigenvalue weighted by Gasteiger charge is 2.26. The first-order valence-electron chi connectivity index (χ1n) is 22.0. The zero-order chi connectivity index (χ0) is 39.6. The van der Waals surface area contributed by atoms with E-state index < -0.39 is 33.2 Å². The maximum absolute atomic E-state index is 12.6. The molecule has 0 rings (SSSR count). The molecule has 0 radical (unpaired) electrons. The van der Waals surface area contributed by atoms with Gasteiger partial charge in [0.25, 0.3) is 0 Å². The Balaban J connectivity index is 4.15. The molecule has 0 amide bonds. The average Bonchev–Trinajstić information content (AvgIpc) is 3.16. The number of rotatable bonds is 42. The number of carbonyl (C=O) groups is 1. The maximum Gasteiger partial charge on any atom is 0.472 e. The number of phosphoric acid groups is 1. The van der Waals surface area contributed by atoms with Crippen LogP contribution in [0.4, 0.5) is 0 Å². The number of carbonyl (C=O) groups excluding carboxylic acids is 1. The lowest BCUT2D eigenvalue weighted by molar-refractivity contribution is -0.154. The third-order valence-corrected chi connectivity index (χ3v) is 10.3. The van der Waals surface area contributed by atoms with Gasteiger partial charge in [0.05, 0.1) is 26.4 Å². The number of allylic oxidation sites excluding steroid dienone is 6. The van der Waals surface area contributed by atoms with Crippen LogP contribution in [0.5, 0.6) is 0 Å². The van der Waals surface area contributed by atoms with Crippen LogP contribution in [0.1, 0.15) is 194 Å². The Bertz CT molecular complexity index is 939. The number of hydrogen-bond acceptors (Lipinski definition) is 8. The van der Waals surface area contributed by atoms with Gasteiger partial charge in [0.2, 0.25) is 0 Å². The lowest BCUT2D eigenvalue weighted by Crippen LogP contribution is -2.29. The molecule has 0 saturated heterocycles. The Morgan fingerprint density at radius 2 is 1.00 bits per heavy atom. The van der Waals surface area contributed by atoms with E-state index in [1.807, 2.05) is 0 Å². The van der Waals surface area contributed by atoms with Gasteiger partial charge in [0, 0.05) is 13.0 Å². The molecular weight excluding hydrogens is 703 g/mol. The topological polar surface area (TPSA) is 132 Å². The first-order chi connectivity index (χ1) is 26.3. The van der Waals surface area contributed by atoms with Gasteiger partial charge in [-0.05, 0) is 51.4 Å². The molecule has 3 N–H and O–H groups in total. The van der Waals surface area contributed by atoms with Gasteiger partial charge >= 0.3 is 13.8 Å². The molecule has 0 aromatic carbocycles. The molecule has 3 unspecified atom stereocenters. The molecule has 0 bridgehead atoms. The van der Waals surface area contributed by atoms with Gasteiger partial charge in [0.15, 0.2) is 0 Å². The van der Waals surface area contributed by atoms with E-state index >= 15 is 0 Å². The molecular formula is C44H83O9P. The standard InChI is InChI=1S/C44H83O9P/c1-3-5-7-9-11-13-15-17-18-19-20-21-22-23-25-27-29-31-33-35-37-50-40-43(41-52-54(48,49)51-39-42(46)38-45)53-44(47)36-34-32-30-28-26-24-16-14-12-10-8-6-4-2/h11,13,17-18,20-21,42-43,45-46H,3-10,12,14-16,19,22-41H2,1-2H3,(H,48,49)/b13-11-,18-17-,21-20-. The van der Waals surface area contributed by atoms with Gasteiger partial charge in [-0.1, -0.05) is 172 Å². The second kappa shape index (κ2) is 41.3. The minimum atomic E-state index is -4.52. The molecule has 318 valence electrons. The lowest BCUT2D eigenvalue weighted by Gasteiger charge is -2.20. The highest BCUT2D eigenvalue weighted by Crippen LogP contribution is 2.43. The van der Waals surface area contributed by atoms with Crippen molar-refractivity contribution in [1.82, 2.24) is 0 Å². The molecule has 0 fully saturated rings. The van der Waals surface area contributed by atoms with E-state index in [9.17, 15) is 19.4 Å². The first kappa shape index (κ1) is 52.7. The number of unbranched alkanes of at least 4 members (excludes halogenated alkanes) is 22. The van der Waals surface area contributed by atoms with E-state index in [-0.39, 0.29) is 25.6 Å². The molecule has 3 atom stereocenters. The molecule has 0 aliphatic heterocycles. The fourth-order valence-corrected chi connectivity index (χ4v) is 6.74. The molecule has 10 heteroatoms. The summed E-state index contributed by atoms with van der Waals surface area (Å²) >= 11 is 0. The number of esters is 1. The van der Waals surface area contributed by atoms with Crippen LogP contribution in [-0.4, -0.2) is 66.3 Å². The zero-order valence-corrected chi connectivity index (χ0v) is 35.6. The van der Waals surface area contributed by atoms with Crippen LogP contribution >= 0.6 is 7.82 Å². The normalized spacial score (nSPS) is 14.4. The third kappa shape index (κ3) is 40.3. The Hall–Kier alpha value is -1.32. The van der Waals surface area contributed by atoms with Crippen molar-refractivity contribution in [3.8, 4) is 0 Å². The monoisotopic (exact) mass is 787 g/mol. The van der Waals surface area contributed by atoms with Crippen LogP contribution < -0.4 is 0 Å². The largest absolute Gasteiger partial charge is 0.472 e. The lowest BCUT2D eigenvalue weighted by atomic mass is 10.0. The van der Waals surface area contributed by atoms with Crippen LogP contribution in [0.15, 0.2) is 36.5 Å². The number of hydrogen-bond donors (Lipinski definition) is 3. The van der Waals surface area contributed by atoms with Crippen molar-refractivity contribution >= 4 is 13.8 Å². The van der Waals surface area contributed by atoms with Gasteiger partial charge in [-0.3, -0.25) is 13.8 Å². The molecule has 0 heterocycles. The molecule has 9 nitrogen and oxygen atoms in total. The van der Waals surface area contributed by atoms with Crippen LogP contribution in [-0.2, 0) is 27.9 Å². The van der Waals surface area contributed by atoms with Crippen molar-refractivity contribution in [2.24, 2.45) is 0 Å².